The van der Waals surface area contributed by atoms with Gasteiger partial charge < -0.3 is 9.80 Å². The first-order valence-electron chi connectivity index (χ1n) is 11.6. The molecule has 0 amide bonds. The molecule has 4 aromatic heterocycles. The summed E-state index contributed by atoms with van der Waals surface area (Å²) in [6.07, 6.45) is 7.66. The van der Waals surface area contributed by atoms with E-state index in [-0.39, 0.29) is 0 Å². The highest BCUT2D eigenvalue weighted by Crippen LogP contribution is 2.31. The molecule has 0 saturated carbocycles. The molecule has 6 heteroatoms. The molecule has 4 aromatic rings. The molecule has 0 unspecified atom stereocenters. The zero-order chi connectivity index (χ0) is 23.8. The van der Waals surface area contributed by atoms with Gasteiger partial charge in [0, 0.05) is 67.2 Å². The maximum absolute atomic E-state index is 4.72. The van der Waals surface area contributed by atoms with E-state index >= 15 is 0 Å². The molecule has 6 nitrogen and oxygen atoms in total. The SMILES string of the molecule is C=C(c1ccn2ncc(C(=C)C)c2c1)c1cc(-c2ccnc(N3CCN(C)CC3)c2)cnc1C. The Bertz CT molecular complexity index is 1390. The molecule has 0 aliphatic carbocycles. The van der Waals surface area contributed by atoms with Crippen LogP contribution in [0.5, 0.6) is 0 Å². The van der Waals surface area contributed by atoms with E-state index in [4.69, 9.17) is 4.98 Å². The standard InChI is InChI=1S/C28H30N6/c1-19(2)26-18-31-34-9-7-22(15-27(26)34)20(3)25-14-24(17-30-21(25)4)23-6-8-29-28(16-23)33-12-10-32(5)11-13-33/h6-9,14-18H,1,3,10-13H2,2,4-5H3. The molecule has 0 atom stereocenters. The summed E-state index contributed by atoms with van der Waals surface area (Å²) in [5, 5.41) is 4.44. The highest BCUT2D eigenvalue weighted by molar-refractivity contribution is 5.85. The van der Waals surface area contributed by atoms with Gasteiger partial charge in [0.15, 0.2) is 0 Å². The summed E-state index contributed by atoms with van der Waals surface area (Å²) in [6, 6.07) is 10.6. The van der Waals surface area contributed by atoms with Crippen molar-refractivity contribution in [1.82, 2.24) is 24.5 Å². The summed E-state index contributed by atoms with van der Waals surface area (Å²) in [5.74, 6) is 1.02. The number of aromatic nitrogens is 4. The van der Waals surface area contributed by atoms with Crippen molar-refractivity contribution in [2.45, 2.75) is 13.8 Å². The van der Waals surface area contributed by atoms with Crippen LogP contribution in [0.3, 0.4) is 0 Å². The summed E-state index contributed by atoms with van der Waals surface area (Å²) >= 11 is 0. The third-order valence-electron chi connectivity index (χ3n) is 6.65. The lowest BCUT2D eigenvalue weighted by Crippen LogP contribution is -2.44. The predicted molar refractivity (Wildman–Crippen MR) is 140 cm³/mol. The molecule has 1 aliphatic rings. The molecule has 0 aromatic carbocycles. The number of hydrogen-bond acceptors (Lipinski definition) is 5. The normalized spacial score (nSPS) is 14.5. The van der Waals surface area contributed by atoms with E-state index < -0.39 is 0 Å². The van der Waals surface area contributed by atoms with Crippen molar-refractivity contribution < 1.29 is 0 Å². The van der Waals surface area contributed by atoms with Gasteiger partial charge in [0.2, 0.25) is 0 Å². The molecule has 5 heterocycles. The number of hydrogen-bond donors (Lipinski definition) is 0. The molecule has 1 fully saturated rings. The summed E-state index contributed by atoms with van der Waals surface area (Å²) in [7, 11) is 2.16. The second-order valence-corrected chi connectivity index (χ2v) is 9.11. The third kappa shape index (κ3) is 4.13. The van der Waals surface area contributed by atoms with Gasteiger partial charge in [-0.15, -0.1) is 0 Å². The third-order valence-corrected chi connectivity index (χ3v) is 6.65. The molecule has 0 N–H and O–H groups in total. The monoisotopic (exact) mass is 450 g/mol. The van der Waals surface area contributed by atoms with Crippen LogP contribution in [-0.4, -0.2) is 57.7 Å². The number of nitrogens with zero attached hydrogens (tertiary/aromatic N) is 6. The van der Waals surface area contributed by atoms with E-state index in [0.29, 0.717) is 0 Å². The molecule has 34 heavy (non-hydrogen) atoms. The number of allylic oxidation sites excluding steroid dienone is 1. The van der Waals surface area contributed by atoms with Crippen LogP contribution in [0.1, 0.15) is 29.3 Å². The maximum atomic E-state index is 4.72. The van der Waals surface area contributed by atoms with Crippen LogP contribution in [0.25, 0.3) is 27.8 Å². The summed E-state index contributed by atoms with van der Waals surface area (Å²) in [6.45, 7) is 16.6. The van der Waals surface area contributed by atoms with Crippen LogP contribution in [-0.2, 0) is 0 Å². The Morgan fingerprint density at radius 1 is 0.912 bits per heavy atom. The van der Waals surface area contributed by atoms with Crippen molar-refractivity contribution >= 4 is 22.5 Å². The Labute approximate surface area is 200 Å². The van der Waals surface area contributed by atoms with Gasteiger partial charge >= 0.3 is 0 Å². The number of likely N-dealkylation sites (N-methyl/N-ethyl adjacent to an activating group) is 1. The van der Waals surface area contributed by atoms with Crippen LogP contribution in [0.4, 0.5) is 5.82 Å². The van der Waals surface area contributed by atoms with E-state index in [1.165, 1.54) is 0 Å². The average Bonchev–Trinajstić information content (AvgIpc) is 3.28. The zero-order valence-corrected chi connectivity index (χ0v) is 20.1. The fourth-order valence-electron chi connectivity index (χ4n) is 4.46. The smallest absolute Gasteiger partial charge is 0.129 e. The quantitative estimate of drug-likeness (QED) is 0.431. The topological polar surface area (TPSA) is 49.6 Å². The molecular weight excluding hydrogens is 420 g/mol. The number of anilines is 1. The Morgan fingerprint density at radius 3 is 2.47 bits per heavy atom. The van der Waals surface area contributed by atoms with Gasteiger partial charge in [-0.1, -0.05) is 13.2 Å². The lowest BCUT2D eigenvalue weighted by atomic mass is 9.95. The van der Waals surface area contributed by atoms with Crippen LogP contribution < -0.4 is 4.90 Å². The number of piperazine rings is 1. The van der Waals surface area contributed by atoms with Gasteiger partial charge in [-0.25, -0.2) is 9.50 Å². The van der Waals surface area contributed by atoms with Crippen molar-refractivity contribution in [2.75, 3.05) is 38.1 Å². The number of pyridine rings is 3. The Morgan fingerprint density at radius 2 is 1.71 bits per heavy atom. The van der Waals surface area contributed by atoms with Crippen LogP contribution in [0, 0.1) is 6.92 Å². The highest BCUT2D eigenvalue weighted by Gasteiger charge is 2.17. The first-order chi connectivity index (χ1) is 16.4. The van der Waals surface area contributed by atoms with Crippen molar-refractivity contribution in [2.24, 2.45) is 0 Å². The number of aryl methyl sites for hydroxylation is 1. The fourth-order valence-corrected chi connectivity index (χ4v) is 4.46. The lowest BCUT2D eigenvalue weighted by Gasteiger charge is -2.33. The van der Waals surface area contributed by atoms with E-state index in [1.807, 2.05) is 43.2 Å². The Balaban J connectivity index is 1.48. The minimum absolute atomic E-state index is 0.941. The van der Waals surface area contributed by atoms with E-state index in [2.05, 4.69) is 70.4 Å². The molecule has 5 rings (SSSR count). The summed E-state index contributed by atoms with van der Waals surface area (Å²) in [5.41, 5.74) is 9.22. The van der Waals surface area contributed by atoms with Crippen LogP contribution >= 0.6 is 0 Å². The van der Waals surface area contributed by atoms with Crippen LogP contribution in [0.2, 0.25) is 0 Å². The molecular formula is C28H30N6. The van der Waals surface area contributed by atoms with Gasteiger partial charge in [-0.2, -0.15) is 5.10 Å². The van der Waals surface area contributed by atoms with E-state index in [0.717, 1.165) is 82.2 Å². The molecule has 0 radical (unpaired) electrons. The molecule has 1 saturated heterocycles. The zero-order valence-electron chi connectivity index (χ0n) is 20.1. The second-order valence-electron chi connectivity index (χ2n) is 9.11. The van der Waals surface area contributed by atoms with Gasteiger partial charge in [-0.05, 0) is 73.5 Å². The number of rotatable bonds is 5. The van der Waals surface area contributed by atoms with E-state index in [9.17, 15) is 0 Å². The molecule has 1 aliphatic heterocycles. The largest absolute Gasteiger partial charge is 0.354 e. The van der Waals surface area contributed by atoms with Crippen LogP contribution in [0.15, 0.2) is 68.3 Å². The highest BCUT2D eigenvalue weighted by atomic mass is 15.3. The lowest BCUT2D eigenvalue weighted by molar-refractivity contribution is 0.312. The van der Waals surface area contributed by atoms with Crippen molar-refractivity contribution in [3.63, 3.8) is 0 Å². The fraction of sp³-hybridized carbons (Fsp3) is 0.250. The summed E-state index contributed by atoms with van der Waals surface area (Å²) < 4.78 is 1.87. The first kappa shape index (κ1) is 22.0. The first-order valence-corrected chi connectivity index (χ1v) is 11.6. The number of fused-ring (bicyclic) bond motifs is 1. The second kappa shape index (κ2) is 8.88. The average molecular weight is 451 g/mol. The minimum atomic E-state index is 0.941. The van der Waals surface area contributed by atoms with Gasteiger partial charge in [0.25, 0.3) is 0 Å². The molecule has 0 spiro atoms. The van der Waals surface area contributed by atoms with Crippen molar-refractivity contribution in [3.05, 3.63) is 90.7 Å². The Hall–Kier alpha value is -3.77. The molecule has 0 bridgehead atoms. The van der Waals surface area contributed by atoms with Crippen molar-refractivity contribution in [3.8, 4) is 11.1 Å². The predicted octanol–water partition coefficient (Wildman–Crippen LogP) is 4.95. The Kier molecular flexibility index (Phi) is 5.75. The molecule has 172 valence electrons. The minimum Gasteiger partial charge on any atom is -0.354 e. The van der Waals surface area contributed by atoms with Gasteiger partial charge in [0.05, 0.1) is 11.7 Å². The van der Waals surface area contributed by atoms with E-state index in [1.54, 1.807) is 0 Å². The summed E-state index contributed by atoms with van der Waals surface area (Å²) in [4.78, 5) is 14.1. The maximum Gasteiger partial charge on any atom is 0.129 e. The van der Waals surface area contributed by atoms with Gasteiger partial charge in [-0.3, -0.25) is 4.98 Å². The van der Waals surface area contributed by atoms with Crippen molar-refractivity contribution in [1.29, 1.82) is 0 Å². The van der Waals surface area contributed by atoms with Gasteiger partial charge in [0.1, 0.15) is 5.82 Å².